The fraction of sp³-hybridized carbons (Fsp3) is 0. The van der Waals surface area contributed by atoms with E-state index >= 15 is 0 Å². The second-order valence-electron chi connectivity index (χ2n) is 5.77. The normalized spacial score (nSPS) is 10.9. The van der Waals surface area contributed by atoms with E-state index in [1.807, 2.05) is 0 Å². The summed E-state index contributed by atoms with van der Waals surface area (Å²) in [5, 5.41) is 15.1. The molecule has 0 unspecified atom stereocenters. The highest BCUT2D eigenvalue weighted by Gasteiger charge is 2.21. The molecule has 0 aliphatic rings. The Morgan fingerprint density at radius 1 is 0.897 bits per heavy atom. The number of carbonyl (C=O) groups is 2. The van der Waals surface area contributed by atoms with E-state index in [4.69, 9.17) is 8.83 Å². The second kappa shape index (κ2) is 8.09. The summed E-state index contributed by atoms with van der Waals surface area (Å²) in [4.78, 5) is 25.0. The monoisotopic (exact) mass is 387 g/mol. The van der Waals surface area contributed by atoms with Crippen molar-refractivity contribution in [3.8, 4) is 0 Å². The van der Waals surface area contributed by atoms with Gasteiger partial charge in [0.05, 0.1) is 5.69 Å². The minimum Gasteiger partial charge on any atom is -0.410 e. The summed E-state index contributed by atoms with van der Waals surface area (Å²) < 4.78 is 10.5. The van der Waals surface area contributed by atoms with Crippen molar-refractivity contribution in [1.29, 1.82) is 0 Å². The van der Waals surface area contributed by atoms with E-state index in [1.165, 1.54) is 23.8 Å². The minimum absolute atomic E-state index is 0.165. The molecule has 29 heavy (non-hydrogen) atoms. The number of aromatic nitrogens is 4. The maximum Gasteiger partial charge on any atom is 0.331 e. The van der Waals surface area contributed by atoms with Crippen LogP contribution in [0.1, 0.15) is 26.3 Å². The van der Waals surface area contributed by atoms with Gasteiger partial charge in [0.2, 0.25) is 12.8 Å². The van der Waals surface area contributed by atoms with Crippen molar-refractivity contribution in [2.45, 2.75) is 0 Å². The number of carbonyl (C=O) groups excluding carboxylic acids is 2. The van der Waals surface area contributed by atoms with Gasteiger partial charge in [-0.25, -0.2) is 4.90 Å². The van der Waals surface area contributed by atoms with Crippen molar-refractivity contribution in [3.05, 3.63) is 84.1 Å². The summed E-state index contributed by atoms with van der Waals surface area (Å²) in [5.41, 5.74) is 2.14. The number of rotatable bonds is 7. The van der Waals surface area contributed by atoms with E-state index in [9.17, 15) is 9.59 Å². The SMILES string of the molecule is O=Cc1ccccc1C(=O)/C=C\c1ccc(N(c2nnco2)c2nnco2)cc1. The number of ketones is 1. The van der Waals surface area contributed by atoms with Crippen molar-refractivity contribution in [3.63, 3.8) is 0 Å². The van der Waals surface area contributed by atoms with Crippen molar-refractivity contribution in [2.24, 2.45) is 0 Å². The number of benzene rings is 2. The van der Waals surface area contributed by atoms with Gasteiger partial charge in [-0.15, -0.1) is 10.2 Å². The van der Waals surface area contributed by atoms with E-state index < -0.39 is 0 Å². The van der Waals surface area contributed by atoms with Gasteiger partial charge in [0, 0.05) is 11.1 Å². The summed E-state index contributed by atoms with van der Waals surface area (Å²) in [6.45, 7) is 0. The molecule has 0 fully saturated rings. The first-order valence-electron chi connectivity index (χ1n) is 8.45. The van der Waals surface area contributed by atoms with Gasteiger partial charge in [-0.2, -0.15) is 0 Å². The van der Waals surface area contributed by atoms with Crippen molar-refractivity contribution < 1.29 is 18.4 Å². The smallest absolute Gasteiger partial charge is 0.331 e. The predicted molar refractivity (Wildman–Crippen MR) is 102 cm³/mol. The number of nitrogens with zero attached hydrogens (tertiary/aromatic N) is 5. The molecule has 4 rings (SSSR count). The minimum atomic E-state index is -0.255. The highest BCUT2D eigenvalue weighted by atomic mass is 16.4. The lowest BCUT2D eigenvalue weighted by Gasteiger charge is -2.15. The van der Waals surface area contributed by atoms with Crippen LogP contribution in [0.3, 0.4) is 0 Å². The maximum absolute atomic E-state index is 12.4. The quantitative estimate of drug-likeness (QED) is 0.266. The number of hydrogen-bond acceptors (Lipinski definition) is 9. The average molecular weight is 387 g/mol. The van der Waals surface area contributed by atoms with E-state index in [0.717, 1.165) is 5.56 Å². The molecular weight excluding hydrogens is 374 g/mol. The zero-order valence-corrected chi connectivity index (χ0v) is 14.9. The molecule has 9 heteroatoms. The van der Waals surface area contributed by atoms with Crippen molar-refractivity contribution in [2.75, 3.05) is 4.90 Å². The summed E-state index contributed by atoms with van der Waals surface area (Å²) in [6.07, 6.45) is 6.14. The van der Waals surface area contributed by atoms with Crippen LogP contribution < -0.4 is 4.90 Å². The summed E-state index contributed by atoms with van der Waals surface area (Å²) in [6, 6.07) is 14.1. The van der Waals surface area contributed by atoms with E-state index in [2.05, 4.69) is 20.4 Å². The third-order valence-electron chi connectivity index (χ3n) is 4.01. The van der Waals surface area contributed by atoms with Gasteiger partial charge in [0.25, 0.3) is 0 Å². The summed E-state index contributed by atoms with van der Waals surface area (Å²) in [7, 11) is 0. The molecule has 2 aromatic carbocycles. The first-order valence-corrected chi connectivity index (χ1v) is 8.45. The van der Waals surface area contributed by atoms with Crippen LogP contribution in [0.25, 0.3) is 6.08 Å². The molecular formula is C20H13N5O4. The first kappa shape index (κ1) is 18.0. The highest BCUT2D eigenvalue weighted by molar-refractivity contribution is 6.10. The largest absolute Gasteiger partial charge is 0.410 e. The Labute approximate surface area is 164 Å². The molecule has 0 N–H and O–H groups in total. The fourth-order valence-corrected chi connectivity index (χ4v) is 2.65. The second-order valence-corrected chi connectivity index (χ2v) is 5.77. The average Bonchev–Trinajstić information content (AvgIpc) is 3.48. The molecule has 9 nitrogen and oxygen atoms in total. The zero-order valence-electron chi connectivity index (χ0n) is 14.9. The van der Waals surface area contributed by atoms with Gasteiger partial charge >= 0.3 is 12.0 Å². The summed E-state index contributed by atoms with van der Waals surface area (Å²) >= 11 is 0. The van der Waals surface area contributed by atoms with E-state index in [1.54, 1.807) is 54.6 Å². The van der Waals surface area contributed by atoms with Gasteiger partial charge < -0.3 is 8.83 Å². The third-order valence-corrected chi connectivity index (χ3v) is 4.01. The Balaban J connectivity index is 1.57. The van der Waals surface area contributed by atoms with Crippen LogP contribution in [-0.4, -0.2) is 32.5 Å². The Bertz CT molecular complexity index is 1100. The van der Waals surface area contributed by atoms with Crippen LogP contribution in [0, 0.1) is 0 Å². The third kappa shape index (κ3) is 3.83. The van der Waals surface area contributed by atoms with Crippen LogP contribution in [0.15, 0.2) is 76.2 Å². The van der Waals surface area contributed by atoms with Crippen LogP contribution in [0.4, 0.5) is 17.7 Å². The van der Waals surface area contributed by atoms with Crippen molar-refractivity contribution >= 4 is 35.9 Å². The van der Waals surface area contributed by atoms with E-state index in [-0.39, 0.29) is 17.8 Å². The van der Waals surface area contributed by atoms with Gasteiger partial charge in [0.1, 0.15) is 0 Å². The first-order chi connectivity index (χ1) is 14.3. The van der Waals surface area contributed by atoms with Gasteiger partial charge in [0.15, 0.2) is 12.1 Å². The lowest BCUT2D eigenvalue weighted by atomic mass is 10.0. The Morgan fingerprint density at radius 3 is 2.14 bits per heavy atom. The molecule has 2 aromatic heterocycles. The molecule has 4 aromatic rings. The highest BCUT2D eigenvalue weighted by Crippen LogP contribution is 2.31. The maximum atomic E-state index is 12.4. The number of allylic oxidation sites excluding steroid dienone is 1. The summed E-state index contributed by atoms with van der Waals surface area (Å²) in [5.74, 6) is -0.255. The number of aldehydes is 1. The Hall–Kier alpha value is -4.40. The van der Waals surface area contributed by atoms with Crippen LogP contribution in [0.5, 0.6) is 0 Å². The molecule has 0 bridgehead atoms. The molecule has 0 saturated carbocycles. The Morgan fingerprint density at radius 2 is 1.55 bits per heavy atom. The number of anilines is 3. The van der Waals surface area contributed by atoms with Gasteiger partial charge in [-0.05, 0) is 23.8 Å². The standard InChI is InChI=1S/C20H13N5O4/c26-11-15-3-1-2-4-17(15)18(27)10-7-14-5-8-16(9-6-14)25(19-23-21-12-28-19)20-24-22-13-29-20/h1-13H/b10-7-. The molecule has 0 aliphatic carbocycles. The molecule has 0 aliphatic heterocycles. The fourth-order valence-electron chi connectivity index (χ4n) is 2.65. The molecule has 0 radical (unpaired) electrons. The van der Waals surface area contributed by atoms with Crippen LogP contribution in [-0.2, 0) is 0 Å². The molecule has 142 valence electrons. The molecule has 0 atom stereocenters. The van der Waals surface area contributed by atoms with Crippen molar-refractivity contribution in [1.82, 2.24) is 20.4 Å². The topological polar surface area (TPSA) is 115 Å². The molecule has 2 heterocycles. The van der Waals surface area contributed by atoms with Gasteiger partial charge in [-0.3, -0.25) is 9.59 Å². The molecule has 0 amide bonds. The van der Waals surface area contributed by atoms with Crippen LogP contribution >= 0.6 is 0 Å². The lowest BCUT2D eigenvalue weighted by Crippen LogP contribution is -2.10. The zero-order chi connectivity index (χ0) is 20.1. The molecule has 0 spiro atoms. The number of hydrogen-bond donors (Lipinski definition) is 0. The molecule has 0 saturated heterocycles. The predicted octanol–water partition coefficient (Wildman–Crippen LogP) is 3.63. The lowest BCUT2D eigenvalue weighted by molar-refractivity contribution is 0.103. The van der Waals surface area contributed by atoms with Crippen LogP contribution in [0.2, 0.25) is 0 Å². The van der Waals surface area contributed by atoms with E-state index in [0.29, 0.717) is 23.1 Å². The van der Waals surface area contributed by atoms with Gasteiger partial charge in [-0.1, -0.05) is 52.7 Å². The Kier molecular flexibility index (Phi) is 5.02.